The number of hydrogen-bond donors (Lipinski definition) is 1. The van der Waals surface area contributed by atoms with Crippen molar-refractivity contribution < 1.29 is 5.11 Å². The molecule has 3 rings (SSSR count). The van der Waals surface area contributed by atoms with E-state index in [0.717, 1.165) is 18.4 Å². The number of nitrogens with zero attached hydrogens (tertiary/aromatic N) is 1. The van der Waals surface area contributed by atoms with Gasteiger partial charge in [0.25, 0.3) is 0 Å². The molecule has 2 heteroatoms. The van der Waals surface area contributed by atoms with Gasteiger partial charge in [-0.25, -0.2) is 0 Å². The summed E-state index contributed by atoms with van der Waals surface area (Å²) in [5.74, 6) is 0.576. The summed E-state index contributed by atoms with van der Waals surface area (Å²) in [6, 6.07) is 17.5. The van der Waals surface area contributed by atoms with E-state index in [-0.39, 0.29) is 0 Å². The van der Waals surface area contributed by atoms with E-state index in [1.54, 1.807) is 0 Å². The molecule has 2 aromatic carbocycles. The molecule has 0 aliphatic carbocycles. The number of para-hydroxylation sites is 1. The van der Waals surface area contributed by atoms with Gasteiger partial charge in [0.2, 0.25) is 0 Å². The lowest BCUT2D eigenvalue weighted by atomic mass is 9.96. The molecule has 0 saturated carbocycles. The molecule has 23 heavy (non-hydrogen) atoms. The third-order valence-corrected chi connectivity index (χ3v) is 5.22. The van der Waals surface area contributed by atoms with Crippen molar-refractivity contribution in [1.29, 1.82) is 0 Å². The summed E-state index contributed by atoms with van der Waals surface area (Å²) < 4.78 is 0. The topological polar surface area (TPSA) is 23.5 Å². The Morgan fingerprint density at radius 2 is 1.74 bits per heavy atom. The van der Waals surface area contributed by atoms with Gasteiger partial charge in [-0.15, -0.1) is 0 Å². The molecule has 3 unspecified atom stereocenters. The van der Waals surface area contributed by atoms with E-state index in [0.29, 0.717) is 18.5 Å². The molecule has 1 aliphatic heterocycles. The molecule has 0 fully saturated rings. The molecule has 1 aliphatic rings. The van der Waals surface area contributed by atoms with Gasteiger partial charge in [-0.05, 0) is 48.4 Å². The smallest absolute Gasteiger partial charge is 0.0964 e. The van der Waals surface area contributed by atoms with Crippen LogP contribution in [0.4, 0.5) is 5.69 Å². The minimum Gasteiger partial charge on any atom is -0.387 e. The van der Waals surface area contributed by atoms with Crippen molar-refractivity contribution in [3.63, 3.8) is 0 Å². The molecule has 1 N–H and O–H groups in total. The number of benzene rings is 2. The second-order valence-electron chi connectivity index (χ2n) is 6.83. The van der Waals surface area contributed by atoms with Crippen LogP contribution in [-0.4, -0.2) is 17.7 Å². The van der Waals surface area contributed by atoms with Gasteiger partial charge in [-0.3, -0.25) is 0 Å². The average Bonchev–Trinajstić information content (AvgIpc) is 2.90. The molecule has 1 heterocycles. The van der Waals surface area contributed by atoms with E-state index >= 15 is 0 Å². The minimum absolute atomic E-state index is 0.446. The first-order valence-corrected chi connectivity index (χ1v) is 8.72. The molecule has 0 saturated heterocycles. The molecule has 0 bridgehead atoms. The Bertz CT molecular complexity index is 649. The number of aliphatic hydroxyl groups excluding tert-OH is 1. The number of rotatable bonds is 5. The number of anilines is 1. The number of hydrogen-bond acceptors (Lipinski definition) is 2. The molecular weight excluding hydrogens is 282 g/mol. The lowest BCUT2D eigenvalue weighted by molar-refractivity contribution is 0.181. The summed E-state index contributed by atoms with van der Waals surface area (Å²) in [5.41, 5.74) is 5.02. The highest BCUT2D eigenvalue weighted by molar-refractivity contribution is 5.59. The molecule has 2 aromatic rings. The van der Waals surface area contributed by atoms with Gasteiger partial charge in [-0.2, -0.15) is 0 Å². The predicted molar refractivity (Wildman–Crippen MR) is 97.1 cm³/mol. The third kappa shape index (κ3) is 3.28. The Kier molecular flexibility index (Phi) is 4.72. The van der Waals surface area contributed by atoms with E-state index in [4.69, 9.17) is 0 Å². The number of fused-ring (bicyclic) bond motifs is 1. The summed E-state index contributed by atoms with van der Waals surface area (Å²) in [5, 5.41) is 10.7. The monoisotopic (exact) mass is 309 g/mol. The Balaban J connectivity index is 1.73. The summed E-state index contributed by atoms with van der Waals surface area (Å²) in [7, 11) is 0. The Morgan fingerprint density at radius 3 is 2.43 bits per heavy atom. The molecule has 3 atom stereocenters. The van der Waals surface area contributed by atoms with E-state index < -0.39 is 6.10 Å². The van der Waals surface area contributed by atoms with Crippen molar-refractivity contribution in [2.24, 2.45) is 0 Å². The van der Waals surface area contributed by atoms with Crippen molar-refractivity contribution >= 4 is 5.69 Å². The van der Waals surface area contributed by atoms with Crippen LogP contribution in [0.15, 0.2) is 48.5 Å². The SMILES string of the molecule is CCC(C)c1ccc(C(O)CN2c3ccccc3CC2C)cc1. The van der Waals surface area contributed by atoms with E-state index in [9.17, 15) is 5.11 Å². The molecule has 0 spiro atoms. The maximum absolute atomic E-state index is 10.7. The fraction of sp³-hybridized carbons (Fsp3) is 0.429. The standard InChI is InChI=1S/C21H27NO/c1-4-15(2)17-9-11-18(12-10-17)21(23)14-22-16(3)13-19-7-5-6-8-20(19)22/h5-12,15-16,21,23H,4,13-14H2,1-3H3. The zero-order chi connectivity index (χ0) is 16.4. The summed E-state index contributed by atoms with van der Waals surface area (Å²) in [6.45, 7) is 7.34. The van der Waals surface area contributed by atoms with Gasteiger partial charge in [-0.1, -0.05) is 56.3 Å². The fourth-order valence-electron chi connectivity index (χ4n) is 3.48. The summed E-state index contributed by atoms with van der Waals surface area (Å²) in [6.07, 6.45) is 1.76. The quantitative estimate of drug-likeness (QED) is 0.866. The first-order valence-electron chi connectivity index (χ1n) is 8.72. The Morgan fingerprint density at radius 1 is 1.09 bits per heavy atom. The van der Waals surface area contributed by atoms with E-state index in [2.05, 4.69) is 74.2 Å². The van der Waals surface area contributed by atoms with Crippen LogP contribution >= 0.6 is 0 Å². The zero-order valence-electron chi connectivity index (χ0n) is 14.4. The van der Waals surface area contributed by atoms with Crippen molar-refractivity contribution in [3.05, 3.63) is 65.2 Å². The lowest BCUT2D eigenvalue weighted by Crippen LogP contribution is -2.33. The van der Waals surface area contributed by atoms with Crippen LogP contribution in [0.25, 0.3) is 0 Å². The predicted octanol–water partition coefficient (Wildman–Crippen LogP) is 4.68. The van der Waals surface area contributed by atoms with E-state index in [1.165, 1.54) is 16.8 Å². The number of aliphatic hydroxyl groups is 1. The molecule has 2 nitrogen and oxygen atoms in total. The maximum Gasteiger partial charge on any atom is 0.0964 e. The van der Waals surface area contributed by atoms with E-state index in [1.807, 2.05) is 0 Å². The first-order chi connectivity index (χ1) is 11.1. The van der Waals surface area contributed by atoms with Gasteiger partial charge in [0.05, 0.1) is 6.10 Å². The van der Waals surface area contributed by atoms with Crippen LogP contribution in [0.3, 0.4) is 0 Å². The van der Waals surface area contributed by atoms with Crippen LogP contribution in [0.5, 0.6) is 0 Å². The van der Waals surface area contributed by atoms with Crippen molar-refractivity contribution in [3.8, 4) is 0 Å². The zero-order valence-corrected chi connectivity index (χ0v) is 14.4. The second-order valence-corrected chi connectivity index (χ2v) is 6.83. The van der Waals surface area contributed by atoms with Crippen molar-refractivity contribution in [2.45, 2.75) is 51.7 Å². The molecule has 0 amide bonds. The highest BCUT2D eigenvalue weighted by Crippen LogP contribution is 2.33. The van der Waals surface area contributed by atoms with Gasteiger partial charge < -0.3 is 10.0 Å². The fourth-order valence-corrected chi connectivity index (χ4v) is 3.48. The van der Waals surface area contributed by atoms with Crippen LogP contribution in [0.2, 0.25) is 0 Å². The Hall–Kier alpha value is -1.80. The first kappa shape index (κ1) is 16.1. The van der Waals surface area contributed by atoms with Crippen molar-refractivity contribution in [1.82, 2.24) is 0 Å². The van der Waals surface area contributed by atoms with Gasteiger partial charge in [0.15, 0.2) is 0 Å². The normalized spacial score (nSPS) is 19.5. The minimum atomic E-state index is -0.449. The van der Waals surface area contributed by atoms with Crippen LogP contribution < -0.4 is 4.90 Å². The highest BCUT2D eigenvalue weighted by atomic mass is 16.3. The largest absolute Gasteiger partial charge is 0.387 e. The molecule has 0 radical (unpaired) electrons. The summed E-state index contributed by atoms with van der Waals surface area (Å²) in [4.78, 5) is 2.34. The van der Waals surface area contributed by atoms with Gasteiger partial charge >= 0.3 is 0 Å². The Labute approximate surface area is 139 Å². The third-order valence-electron chi connectivity index (χ3n) is 5.22. The number of β-amino-alcohol motifs (C(OH)–C–C–N with tert-alkyl or cyclic N) is 1. The lowest BCUT2D eigenvalue weighted by Gasteiger charge is -2.28. The van der Waals surface area contributed by atoms with Crippen LogP contribution in [-0.2, 0) is 6.42 Å². The maximum atomic E-state index is 10.7. The second kappa shape index (κ2) is 6.76. The summed E-state index contributed by atoms with van der Waals surface area (Å²) >= 11 is 0. The highest BCUT2D eigenvalue weighted by Gasteiger charge is 2.27. The van der Waals surface area contributed by atoms with Crippen LogP contribution in [0.1, 0.15) is 55.9 Å². The molecule has 122 valence electrons. The van der Waals surface area contributed by atoms with Crippen molar-refractivity contribution in [2.75, 3.05) is 11.4 Å². The average molecular weight is 309 g/mol. The van der Waals surface area contributed by atoms with Gasteiger partial charge in [0, 0.05) is 18.3 Å². The molecular formula is C21H27NO. The van der Waals surface area contributed by atoms with Gasteiger partial charge in [0.1, 0.15) is 0 Å². The van der Waals surface area contributed by atoms with Crippen LogP contribution in [0, 0.1) is 0 Å². The molecule has 0 aromatic heterocycles.